The van der Waals surface area contributed by atoms with Crippen LogP contribution in [0.15, 0.2) is 64.2 Å². The van der Waals surface area contributed by atoms with Gasteiger partial charge in [-0.2, -0.15) is 0 Å². The minimum atomic E-state index is -0.461. The number of fused-ring (bicyclic) bond motifs is 2. The lowest BCUT2D eigenvalue weighted by Crippen LogP contribution is -2.37. The monoisotopic (exact) mass is 432 g/mol. The number of hydrogen-bond donors (Lipinski definition) is 1. The molecule has 0 saturated carbocycles. The van der Waals surface area contributed by atoms with Gasteiger partial charge in [0.25, 0.3) is 11.5 Å². The summed E-state index contributed by atoms with van der Waals surface area (Å²) in [5.74, 6) is 0.745. The lowest BCUT2D eigenvalue weighted by molar-refractivity contribution is 0.101. The fourth-order valence-electron chi connectivity index (χ4n) is 3.92. The number of rotatable bonds is 4. The molecule has 9 nitrogen and oxygen atoms in total. The number of carbonyl (C=O) groups excluding carboxylic acids is 1. The van der Waals surface area contributed by atoms with Crippen LogP contribution in [0.3, 0.4) is 0 Å². The summed E-state index contributed by atoms with van der Waals surface area (Å²) in [7, 11) is 3.01. The van der Waals surface area contributed by atoms with E-state index >= 15 is 0 Å². The molecule has 0 unspecified atom stereocenters. The van der Waals surface area contributed by atoms with Crippen LogP contribution in [0.25, 0.3) is 11.0 Å². The Labute approximate surface area is 182 Å². The molecular formula is C23H20N4O5. The molecule has 1 aliphatic heterocycles. The molecule has 1 amide bonds. The maximum Gasteiger partial charge on any atom is 0.332 e. The molecule has 0 spiro atoms. The number of hydrogen-bond acceptors (Lipinski definition) is 5. The molecule has 1 aliphatic rings. The Balaban J connectivity index is 1.64. The van der Waals surface area contributed by atoms with Gasteiger partial charge in [-0.3, -0.25) is 18.7 Å². The molecule has 9 heteroatoms. The molecule has 0 saturated heterocycles. The maximum absolute atomic E-state index is 13.3. The van der Waals surface area contributed by atoms with Crippen molar-refractivity contribution in [1.82, 2.24) is 13.7 Å². The summed E-state index contributed by atoms with van der Waals surface area (Å²) in [5.41, 5.74) is 1.19. The Kier molecular flexibility index (Phi) is 4.58. The predicted molar refractivity (Wildman–Crippen MR) is 118 cm³/mol. The molecule has 0 aliphatic carbocycles. The van der Waals surface area contributed by atoms with Gasteiger partial charge >= 0.3 is 5.69 Å². The van der Waals surface area contributed by atoms with Crippen molar-refractivity contribution in [2.45, 2.75) is 6.54 Å². The first-order valence-electron chi connectivity index (χ1n) is 9.98. The van der Waals surface area contributed by atoms with Gasteiger partial charge in [-0.1, -0.05) is 30.3 Å². The predicted octanol–water partition coefficient (Wildman–Crippen LogP) is 2.07. The number of nitrogens with zero attached hydrogens (tertiary/aromatic N) is 3. The Hall–Kier alpha value is -4.27. The largest absolute Gasteiger partial charge is 0.454 e. The molecule has 162 valence electrons. The van der Waals surface area contributed by atoms with E-state index in [1.165, 1.54) is 17.7 Å². The second-order valence-corrected chi connectivity index (χ2v) is 7.57. The standard InChI is InChI=1S/C23H20N4O5/c1-25-21-16(22(29)26(2)23(25)30)11-17(27(21)12-14-6-4-3-5-7-14)20(28)24-15-8-9-18-19(10-15)32-13-31-18/h3-11H,12-13H2,1-2H3,(H,24,28). The lowest BCUT2D eigenvalue weighted by Gasteiger charge is -2.13. The van der Waals surface area contributed by atoms with E-state index in [0.717, 1.165) is 10.1 Å². The first-order valence-corrected chi connectivity index (χ1v) is 9.98. The summed E-state index contributed by atoms with van der Waals surface area (Å²) in [6.07, 6.45) is 0. The molecule has 2 aromatic carbocycles. The van der Waals surface area contributed by atoms with E-state index in [2.05, 4.69) is 5.32 Å². The molecule has 5 rings (SSSR count). The number of benzene rings is 2. The Morgan fingerprint density at radius 2 is 1.72 bits per heavy atom. The molecule has 4 aromatic rings. The number of aryl methyl sites for hydroxylation is 1. The van der Waals surface area contributed by atoms with Gasteiger partial charge in [0.2, 0.25) is 6.79 Å². The number of ether oxygens (including phenoxy) is 2. The van der Waals surface area contributed by atoms with Gasteiger partial charge in [0.1, 0.15) is 11.3 Å². The Morgan fingerprint density at radius 1 is 0.969 bits per heavy atom. The number of aromatic nitrogens is 3. The first-order chi connectivity index (χ1) is 15.4. The van der Waals surface area contributed by atoms with Gasteiger partial charge in [0.15, 0.2) is 11.5 Å². The van der Waals surface area contributed by atoms with Crippen LogP contribution in [0.1, 0.15) is 16.1 Å². The molecule has 0 fully saturated rings. The number of carbonyl (C=O) groups is 1. The van der Waals surface area contributed by atoms with Crippen molar-refractivity contribution < 1.29 is 14.3 Å². The van der Waals surface area contributed by atoms with E-state index in [4.69, 9.17) is 9.47 Å². The third kappa shape index (κ3) is 3.15. The first kappa shape index (κ1) is 19.7. The van der Waals surface area contributed by atoms with Crippen molar-refractivity contribution in [2.75, 3.05) is 12.1 Å². The highest BCUT2D eigenvalue weighted by atomic mass is 16.7. The molecule has 0 radical (unpaired) electrons. The van der Waals surface area contributed by atoms with E-state index in [0.29, 0.717) is 34.8 Å². The second kappa shape index (κ2) is 7.45. The molecule has 3 heterocycles. The maximum atomic E-state index is 13.3. The van der Waals surface area contributed by atoms with Crippen molar-refractivity contribution >= 4 is 22.6 Å². The SMILES string of the molecule is Cn1c(=O)c2cc(C(=O)Nc3ccc4c(c3)OCO4)n(Cc3ccccc3)c2n(C)c1=O. The van der Waals surface area contributed by atoms with E-state index in [-0.39, 0.29) is 12.5 Å². The fourth-order valence-corrected chi connectivity index (χ4v) is 3.92. The fraction of sp³-hybridized carbons (Fsp3) is 0.174. The highest BCUT2D eigenvalue weighted by Crippen LogP contribution is 2.34. The Bertz CT molecular complexity index is 1480. The van der Waals surface area contributed by atoms with Crippen molar-refractivity contribution in [2.24, 2.45) is 14.1 Å². The molecule has 2 aromatic heterocycles. The van der Waals surface area contributed by atoms with Crippen LogP contribution in [0.5, 0.6) is 11.5 Å². The zero-order valence-electron chi connectivity index (χ0n) is 17.5. The third-order valence-electron chi connectivity index (χ3n) is 5.54. The van der Waals surface area contributed by atoms with Gasteiger partial charge in [0.05, 0.1) is 5.39 Å². The second-order valence-electron chi connectivity index (χ2n) is 7.57. The summed E-state index contributed by atoms with van der Waals surface area (Å²) < 4.78 is 14.8. The summed E-state index contributed by atoms with van der Waals surface area (Å²) in [5, 5.41) is 3.14. The van der Waals surface area contributed by atoms with Crippen molar-refractivity contribution in [1.29, 1.82) is 0 Å². The van der Waals surface area contributed by atoms with Crippen LogP contribution in [-0.2, 0) is 20.6 Å². The van der Waals surface area contributed by atoms with Crippen molar-refractivity contribution in [3.05, 3.63) is 86.7 Å². The molecule has 32 heavy (non-hydrogen) atoms. The minimum Gasteiger partial charge on any atom is -0.454 e. The average molecular weight is 432 g/mol. The molecular weight excluding hydrogens is 412 g/mol. The highest BCUT2D eigenvalue weighted by Gasteiger charge is 2.22. The zero-order valence-corrected chi connectivity index (χ0v) is 17.5. The van der Waals surface area contributed by atoms with Crippen LogP contribution in [0, 0.1) is 0 Å². The van der Waals surface area contributed by atoms with E-state index in [9.17, 15) is 14.4 Å². The van der Waals surface area contributed by atoms with Gasteiger partial charge in [-0.05, 0) is 23.8 Å². The highest BCUT2D eigenvalue weighted by molar-refractivity contribution is 6.06. The number of amides is 1. The van der Waals surface area contributed by atoms with E-state index < -0.39 is 17.2 Å². The molecule has 1 N–H and O–H groups in total. The van der Waals surface area contributed by atoms with Crippen LogP contribution in [0.2, 0.25) is 0 Å². The van der Waals surface area contributed by atoms with Crippen LogP contribution < -0.4 is 26.0 Å². The zero-order chi connectivity index (χ0) is 22.4. The van der Waals surface area contributed by atoms with Crippen molar-refractivity contribution in [3.8, 4) is 11.5 Å². The molecule has 0 bridgehead atoms. The quantitative estimate of drug-likeness (QED) is 0.533. The summed E-state index contributed by atoms with van der Waals surface area (Å²) in [6.45, 7) is 0.448. The van der Waals surface area contributed by atoms with Gasteiger partial charge in [-0.25, -0.2) is 4.79 Å². The van der Waals surface area contributed by atoms with Crippen LogP contribution >= 0.6 is 0 Å². The Morgan fingerprint density at radius 3 is 2.50 bits per heavy atom. The summed E-state index contributed by atoms with van der Waals surface area (Å²) >= 11 is 0. The third-order valence-corrected chi connectivity index (χ3v) is 5.54. The van der Waals surface area contributed by atoms with Gasteiger partial charge < -0.3 is 19.4 Å². The molecule has 0 atom stereocenters. The minimum absolute atomic E-state index is 0.134. The number of anilines is 1. The number of nitrogens with one attached hydrogen (secondary N) is 1. The van der Waals surface area contributed by atoms with Crippen LogP contribution in [0.4, 0.5) is 5.69 Å². The van der Waals surface area contributed by atoms with Gasteiger partial charge in [-0.15, -0.1) is 0 Å². The average Bonchev–Trinajstić information content (AvgIpc) is 3.41. The normalized spacial score (nSPS) is 12.3. The smallest absolute Gasteiger partial charge is 0.332 e. The van der Waals surface area contributed by atoms with E-state index in [1.54, 1.807) is 29.8 Å². The lowest BCUT2D eigenvalue weighted by atomic mass is 10.2. The van der Waals surface area contributed by atoms with E-state index in [1.807, 2.05) is 30.3 Å². The topological polar surface area (TPSA) is 96.5 Å². The summed E-state index contributed by atoms with van der Waals surface area (Å²) in [6, 6.07) is 16.2. The summed E-state index contributed by atoms with van der Waals surface area (Å²) in [4.78, 5) is 38.7. The van der Waals surface area contributed by atoms with Crippen molar-refractivity contribution in [3.63, 3.8) is 0 Å². The van der Waals surface area contributed by atoms with Gasteiger partial charge in [0, 0.05) is 32.4 Å². The van der Waals surface area contributed by atoms with Crippen LogP contribution in [-0.4, -0.2) is 26.4 Å².